The molecule has 3 rings (SSSR count). The minimum atomic E-state index is -0.157. The summed E-state index contributed by atoms with van der Waals surface area (Å²) in [5.74, 6) is 0.542. The summed E-state index contributed by atoms with van der Waals surface area (Å²) < 4.78 is 0. The maximum atomic E-state index is 13.3. The summed E-state index contributed by atoms with van der Waals surface area (Å²) in [4.78, 5) is 30.0. The van der Waals surface area contributed by atoms with Gasteiger partial charge in [0.05, 0.1) is 5.56 Å². The van der Waals surface area contributed by atoms with Crippen LogP contribution in [0, 0.1) is 5.92 Å². The Hall–Kier alpha value is -2.82. The van der Waals surface area contributed by atoms with Crippen molar-refractivity contribution in [1.29, 1.82) is 0 Å². The molecule has 2 aromatic carbocycles. The Morgan fingerprint density at radius 1 is 1.00 bits per heavy atom. The van der Waals surface area contributed by atoms with E-state index >= 15 is 0 Å². The fraction of sp³-hybridized carbons (Fsp3) is 0.500. The molecule has 0 bridgehead atoms. The lowest BCUT2D eigenvalue weighted by Gasteiger charge is -2.31. The number of amides is 2. The van der Waals surface area contributed by atoms with Crippen molar-refractivity contribution in [3.05, 3.63) is 59.2 Å². The summed E-state index contributed by atoms with van der Waals surface area (Å²) in [6.45, 7) is 6.03. The third-order valence-electron chi connectivity index (χ3n) is 6.57. The number of aryl methyl sites for hydroxylation is 1. The molecule has 5 nitrogen and oxygen atoms in total. The minimum Gasteiger partial charge on any atom is -0.377 e. The molecule has 0 unspecified atom stereocenters. The van der Waals surface area contributed by atoms with Crippen LogP contribution in [0.2, 0.25) is 0 Å². The molecule has 178 valence electrons. The van der Waals surface area contributed by atoms with Crippen LogP contribution < -0.4 is 10.2 Å². The Bertz CT molecular complexity index is 929. The number of nitrogens with zero attached hydrogens (tertiary/aromatic N) is 2. The number of likely N-dealkylation sites (tertiary alicyclic amines) is 1. The van der Waals surface area contributed by atoms with Gasteiger partial charge < -0.3 is 15.1 Å². The normalized spacial score (nSPS) is 14.2. The van der Waals surface area contributed by atoms with Crippen molar-refractivity contribution in [3.63, 3.8) is 0 Å². The number of unbranched alkanes of at least 4 members (excludes halogenated alkanes) is 3. The van der Waals surface area contributed by atoms with Crippen molar-refractivity contribution in [2.75, 3.05) is 37.4 Å². The van der Waals surface area contributed by atoms with Gasteiger partial charge in [-0.2, -0.15) is 0 Å². The number of hydrogen-bond donors (Lipinski definition) is 1. The van der Waals surface area contributed by atoms with E-state index in [4.69, 9.17) is 0 Å². The van der Waals surface area contributed by atoms with Gasteiger partial charge in [0.1, 0.15) is 0 Å². The van der Waals surface area contributed by atoms with Crippen molar-refractivity contribution >= 4 is 23.2 Å². The Morgan fingerprint density at radius 2 is 1.70 bits per heavy atom. The van der Waals surface area contributed by atoms with Gasteiger partial charge in [-0.1, -0.05) is 45.2 Å². The zero-order valence-electron chi connectivity index (χ0n) is 20.7. The van der Waals surface area contributed by atoms with Crippen molar-refractivity contribution < 1.29 is 9.59 Å². The molecule has 1 saturated heterocycles. The fourth-order valence-corrected chi connectivity index (χ4v) is 4.34. The first kappa shape index (κ1) is 24.8. The molecule has 1 aliphatic heterocycles. The van der Waals surface area contributed by atoms with Gasteiger partial charge in [-0.05, 0) is 67.5 Å². The highest BCUT2D eigenvalue weighted by atomic mass is 16.2. The molecule has 33 heavy (non-hydrogen) atoms. The molecule has 0 spiro atoms. The van der Waals surface area contributed by atoms with Crippen molar-refractivity contribution in [2.45, 2.75) is 58.8 Å². The molecule has 0 radical (unpaired) electrons. The SMILES string of the molecule is CCCCCCc1ccc(C(=O)Nc2ccc(N(C)C)c(C(=O)N3CCC(C)CC3)c2)cc1. The highest BCUT2D eigenvalue weighted by Gasteiger charge is 2.24. The molecular formula is C28H39N3O2. The highest BCUT2D eigenvalue weighted by molar-refractivity contribution is 6.06. The summed E-state index contributed by atoms with van der Waals surface area (Å²) in [5, 5.41) is 2.98. The number of carbonyl (C=O) groups excluding carboxylic acids is 2. The van der Waals surface area contributed by atoms with Crippen LogP contribution in [0.25, 0.3) is 0 Å². The van der Waals surface area contributed by atoms with E-state index in [2.05, 4.69) is 19.2 Å². The van der Waals surface area contributed by atoms with Gasteiger partial charge in [-0.15, -0.1) is 0 Å². The predicted molar refractivity (Wildman–Crippen MR) is 137 cm³/mol. The van der Waals surface area contributed by atoms with E-state index in [9.17, 15) is 9.59 Å². The maximum Gasteiger partial charge on any atom is 0.256 e. The van der Waals surface area contributed by atoms with Crippen LogP contribution >= 0.6 is 0 Å². The van der Waals surface area contributed by atoms with Gasteiger partial charge in [0.2, 0.25) is 0 Å². The smallest absolute Gasteiger partial charge is 0.256 e. The van der Waals surface area contributed by atoms with E-state index in [-0.39, 0.29) is 11.8 Å². The molecule has 1 heterocycles. The average Bonchev–Trinajstić information content (AvgIpc) is 2.82. The Balaban J connectivity index is 1.69. The van der Waals surface area contributed by atoms with Gasteiger partial charge in [0.25, 0.3) is 11.8 Å². The van der Waals surface area contributed by atoms with Crippen LogP contribution in [0.5, 0.6) is 0 Å². The largest absolute Gasteiger partial charge is 0.377 e. The molecule has 5 heteroatoms. The molecular weight excluding hydrogens is 410 g/mol. The summed E-state index contributed by atoms with van der Waals surface area (Å²) in [5.41, 5.74) is 4.03. The summed E-state index contributed by atoms with van der Waals surface area (Å²) in [6, 6.07) is 13.5. The highest BCUT2D eigenvalue weighted by Crippen LogP contribution is 2.27. The van der Waals surface area contributed by atoms with E-state index < -0.39 is 0 Å². The monoisotopic (exact) mass is 449 g/mol. The zero-order chi connectivity index (χ0) is 23.8. The Kier molecular flexibility index (Phi) is 8.93. The van der Waals surface area contributed by atoms with E-state index in [1.54, 1.807) is 0 Å². The first-order chi connectivity index (χ1) is 15.9. The van der Waals surface area contributed by atoms with Gasteiger partial charge in [-0.25, -0.2) is 0 Å². The molecule has 0 aromatic heterocycles. The fourth-order valence-electron chi connectivity index (χ4n) is 4.34. The van der Waals surface area contributed by atoms with Crippen LogP contribution in [-0.4, -0.2) is 43.9 Å². The lowest BCUT2D eigenvalue weighted by atomic mass is 9.98. The topological polar surface area (TPSA) is 52.7 Å². The number of hydrogen-bond acceptors (Lipinski definition) is 3. The number of benzene rings is 2. The standard InChI is InChI=1S/C28H39N3O2/c1-5-6-7-8-9-22-10-12-23(13-11-22)27(32)29-24-14-15-26(30(3)4)25(20-24)28(33)31-18-16-21(2)17-19-31/h10-15,20-21H,5-9,16-19H2,1-4H3,(H,29,32). The van der Waals surface area contributed by atoms with Crippen molar-refractivity contribution in [3.8, 4) is 0 Å². The number of piperidine rings is 1. The zero-order valence-corrected chi connectivity index (χ0v) is 20.7. The van der Waals surface area contributed by atoms with Crippen LogP contribution in [-0.2, 0) is 6.42 Å². The third-order valence-corrected chi connectivity index (χ3v) is 6.57. The van der Waals surface area contributed by atoms with Gasteiger partial charge in [0, 0.05) is 44.1 Å². The molecule has 0 saturated carbocycles. The molecule has 1 N–H and O–H groups in total. The number of carbonyl (C=O) groups is 2. The van der Waals surface area contributed by atoms with Crippen LogP contribution in [0.4, 0.5) is 11.4 Å². The number of rotatable bonds is 9. The molecule has 1 aliphatic rings. The van der Waals surface area contributed by atoms with Gasteiger partial charge in [0.15, 0.2) is 0 Å². The summed E-state index contributed by atoms with van der Waals surface area (Å²) in [7, 11) is 3.87. The van der Waals surface area contributed by atoms with Crippen LogP contribution in [0.3, 0.4) is 0 Å². The lowest BCUT2D eigenvalue weighted by Crippen LogP contribution is -2.38. The van der Waals surface area contributed by atoms with E-state index in [0.717, 1.165) is 38.0 Å². The second-order valence-corrected chi connectivity index (χ2v) is 9.56. The second-order valence-electron chi connectivity index (χ2n) is 9.56. The lowest BCUT2D eigenvalue weighted by molar-refractivity contribution is 0.0697. The first-order valence-electron chi connectivity index (χ1n) is 12.4. The third kappa shape index (κ3) is 6.83. The maximum absolute atomic E-state index is 13.3. The van der Waals surface area contributed by atoms with Crippen LogP contribution in [0.15, 0.2) is 42.5 Å². The van der Waals surface area contributed by atoms with E-state index in [1.165, 1.54) is 31.2 Å². The van der Waals surface area contributed by atoms with Gasteiger partial charge in [-0.3, -0.25) is 9.59 Å². The first-order valence-corrected chi connectivity index (χ1v) is 12.4. The average molecular weight is 450 g/mol. The molecule has 0 atom stereocenters. The van der Waals surface area contributed by atoms with E-state index in [1.807, 2.05) is 66.4 Å². The Labute approximate surface area is 199 Å². The van der Waals surface area contributed by atoms with Gasteiger partial charge >= 0.3 is 0 Å². The predicted octanol–water partition coefficient (Wildman–Crippen LogP) is 6.00. The van der Waals surface area contributed by atoms with Crippen LogP contribution in [0.1, 0.15) is 78.7 Å². The minimum absolute atomic E-state index is 0.0362. The summed E-state index contributed by atoms with van der Waals surface area (Å²) >= 11 is 0. The Morgan fingerprint density at radius 3 is 2.33 bits per heavy atom. The summed E-state index contributed by atoms with van der Waals surface area (Å²) in [6.07, 6.45) is 8.06. The van der Waals surface area contributed by atoms with Crippen molar-refractivity contribution in [1.82, 2.24) is 4.90 Å². The molecule has 2 amide bonds. The molecule has 1 fully saturated rings. The molecule has 2 aromatic rings. The molecule has 0 aliphatic carbocycles. The van der Waals surface area contributed by atoms with Crippen molar-refractivity contribution in [2.24, 2.45) is 5.92 Å². The quantitative estimate of drug-likeness (QED) is 0.478. The number of nitrogens with one attached hydrogen (secondary N) is 1. The van der Waals surface area contributed by atoms with E-state index in [0.29, 0.717) is 22.7 Å². The number of anilines is 2. The second kappa shape index (κ2) is 11.9.